The Kier molecular flexibility index (Phi) is 6.98. The second-order valence-corrected chi connectivity index (χ2v) is 5.49. The van der Waals surface area contributed by atoms with Crippen LogP contribution in [0.15, 0.2) is 54.6 Å². The van der Waals surface area contributed by atoms with Crippen molar-refractivity contribution in [2.75, 3.05) is 13.1 Å². The quantitative estimate of drug-likeness (QED) is 0.739. The minimum absolute atomic E-state index is 0.138. The van der Waals surface area contributed by atoms with Crippen molar-refractivity contribution in [3.63, 3.8) is 0 Å². The number of hydrogen-bond acceptors (Lipinski definition) is 4. The third-order valence-corrected chi connectivity index (χ3v) is 3.53. The van der Waals surface area contributed by atoms with Crippen LogP contribution < -0.4 is 10.6 Å². The molecule has 0 aliphatic heterocycles. The van der Waals surface area contributed by atoms with E-state index in [0.29, 0.717) is 5.02 Å². The van der Waals surface area contributed by atoms with E-state index in [2.05, 4.69) is 10.6 Å². The molecule has 0 heterocycles. The molecular weight excluding hydrogens is 344 g/mol. The summed E-state index contributed by atoms with van der Waals surface area (Å²) in [4.78, 5) is 35.2. The second kappa shape index (κ2) is 9.44. The van der Waals surface area contributed by atoms with Crippen LogP contribution in [0.2, 0.25) is 5.02 Å². The smallest absolute Gasteiger partial charge is 0.325 e. The Morgan fingerprint density at radius 2 is 1.56 bits per heavy atom. The molecule has 2 aromatic rings. The number of nitrogens with one attached hydrogen (secondary N) is 2. The van der Waals surface area contributed by atoms with Crippen LogP contribution in [0.3, 0.4) is 0 Å². The van der Waals surface area contributed by atoms with Crippen LogP contribution >= 0.6 is 11.6 Å². The lowest BCUT2D eigenvalue weighted by atomic mass is 10.2. The first-order chi connectivity index (χ1) is 12.1. The maximum atomic E-state index is 11.9. The van der Waals surface area contributed by atoms with Crippen molar-refractivity contribution in [2.45, 2.75) is 6.61 Å². The van der Waals surface area contributed by atoms with Crippen molar-refractivity contribution in [3.8, 4) is 0 Å². The number of halogens is 1. The summed E-state index contributed by atoms with van der Waals surface area (Å²) in [6.07, 6.45) is 0. The minimum Gasteiger partial charge on any atom is -0.460 e. The largest absolute Gasteiger partial charge is 0.460 e. The van der Waals surface area contributed by atoms with Gasteiger partial charge in [-0.15, -0.1) is 0 Å². The zero-order chi connectivity index (χ0) is 18.1. The van der Waals surface area contributed by atoms with Crippen LogP contribution in [-0.4, -0.2) is 30.9 Å². The van der Waals surface area contributed by atoms with E-state index in [1.54, 1.807) is 24.3 Å². The maximum absolute atomic E-state index is 11.9. The summed E-state index contributed by atoms with van der Waals surface area (Å²) < 4.78 is 5.03. The monoisotopic (exact) mass is 360 g/mol. The molecule has 0 aliphatic rings. The molecule has 2 aromatic carbocycles. The normalized spacial score (nSPS) is 9.96. The van der Waals surface area contributed by atoms with Crippen LogP contribution in [0.1, 0.15) is 15.9 Å². The van der Waals surface area contributed by atoms with Crippen LogP contribution in [-0.2, 0) is 20.9 Å². The highest BCUT2D eigenvalue weighted by atomic mass is 35.5. The molecule has 0 bridgehead atoms. The number of hydrogen-bond donors (Lipinski definition) is 2. The van der Waals surface area contributed by atoms with Gasteiger partial charge in [0.25, 0.3) is 5.91 Å². The maximum Gasteiger partial charge on any atom is 0.325 e. The molecule has 0 saturated heterocycles. The summed E-state index contributed by atoms with van der Waals surface area (Å²) in [5, 5.41) is 5.11. The van der Waals surface area contributed by atoms with E-state index < -0.39 is 17.8 Å². The van der Waals surface area contributed by atoms with Gasteiger partial charge in [0, 0.05) is 0 Å². The van der Waals surface area contributed by atoms with E-state index in [-0.39, 0.29) is 25.3 Å². The molecule has 6 nitrogen and oxygen atoms in total. The molecule has 0 unspecified atom stereocenters. The fraction of sp³-hybridized carbons (Fsp3) is 0.167. The summed E-state index contributed by atoms with van der Waals surface area (Å²) in [5.41, 5.74) is 1.13. The number of carbonyl (C=O) groups excluding carboxylic acids is 3. The Labute approximate surface area is 150 Å². The van der Waals surface area contributed by atoms with E-state index in [1.807, 2.05) is 30.3 Å². The molecule has 2 amide bonds. The van der Waals surface area contributed by atoms with Crippen molar-refractivity contribution >= 4 is 29.4 Å². The van der Waals surface area contributed by atoms with Gasteiger partial charge in [-0.05, 0) is 17.7 Å². The Morgan fingerprint density at radius 1 is 0.880 bits per heavy atom. The molecule has 0 fully saturated rings. The van der Waals surface area contributed by atoms with Crippen molar-refractivity contribution in [1.29, 1.82) is 0 Å². The van der Waals surface area contributed by atoms with E-state index in [0.717, 1.165) is 5.56 Å². The predicted octanol–water partition coefficient (Wildman–Crippen LogP) is 1.93. The Hall–Kier alpha value is -2.86. The van der Waals surface area contributed by atoms with Gasteiger partial charge in [-0.3, -0.25) is 14.4 Å². The number of benzene rings is 2. The summed E-state index contributed by atoms with van der Waals surface area (Å²) in [5.74, 6) is -1.53. The highest BCUT2D eigenvalue weighted by Gasteiger charge is 2.12. The average molecular weight is 361 g/mol. The molecule has 0 aromatic heterocycles. The molecule has 0 spiro atoms. The number of esters is 1. The first-order valence-electron chi connectivity index (χ1n) is 7.55. The molecule has 25 heavy (non-hydrogen) atoms. The first-order valence-corrected chi connectivity index (χ1v) is 7.93. The van der Waals surface area contributed by atoms with E-state index in [1.165, 1.54) is 0 Å². The molecule has 0 aliphatic carbocycles. The molecule has 2 rings (SSSR count). The zero-order valence-corrected chi connectivity index (χ0v) is 14.1. The first kappa shape index (κ1) is 18.5. The average Bonchev–Trinajstić information content (AvgIpc) is 2.64. The van der Waals surface area contributed by atoms with Gasteiger partial charge < -0.3 is 15.4 Å². The van der Waals surface area contributed by atoms with Crippen molar-refractivity contribution in [2.24, 2.45) is 0 Å². The van der Waals surface area contributed by atoms with Gasteiger partial charge in [-0.25, -0.2) is 0 Å². The highest BCUT2D eigenvalue weighted by molar-refractivity contribution is 6.33. The van der Waals surface area contributed by atoms with Crippen LogP contribution in [0, 0.1) is 0 Å². The standard InChI is InChI=1S/C18H17ClN2O4/c19-15-9-5-4-8-14(15)18(24)21-10-16(22)20-11-17(23)25-12-13-6-2-1-3-7-13/h1-9H,10-12H2,(H,20,22)(H,21,24). The Bertz CT molecular complexity index is 750. The van der Waals surface area contributed by atoms with Gasteiger partial charge in [0.1, 0.15) is 13.2 Å². The summed E-state index contributed by atoms with van der Waals surface area (Å²) in [6, 6.07) is 15.7. The van der Waals surface area contributed by atoms with Crippen LogP contribution in [0.25, 0.3) is 0 Å². The van der Waals surface area contributed by atoms with E-state index in [9.17, 15) is 14.4 Å². The van der Waals surface area contributed by atoms with E-state index in [4.69, 9.17) is 16.3 Å². The lowest BCUT2D eigenvalue weighted by Crippen LogP contribution is -2.39. The lowest BCUT2D eigenvalue weighted by Gasteiger charge is -2.08. The van der Waals surface area contributed by atoms with Crippen molar-refractivity contribution in [3.05, 3.63) is 70.7 Å². The second-order valence-electron chi connectivity index (χ2n) is 5.09. The number of ether oxygens (including phenoxy) is 1. The summed E-state index contributed by atoms with van der Waals surface area (Å²) >= 11 is 5.90. The topological polar surface area (TPSA) is 84.5 Å². The molecule has 0 saturated carbocycles. The van der Waals surface area contributed by atoms with Crippen LogP contribution in [0.5, 0.6) is 0 Å². The highest BCUT2D eigenvalue weighted by Crippen LogP contribution is 2.14. The summed E-state index contributed by atoms with van der Waals surface area (Å²) in [7, 11) is 0. The Balaban J connectivity index is 1.67. The fourth-order valence-corrected chi connectivity index (χ4v) is 2.15. The molecule has 2 N–H and O–H groups in total. The van der Waals surface area contributed by atoms with Gasteiger partial charge in [-0.1, -0.05) is 54.1 Å². The minimum atomic E-state index is -0.561. The van der Waals surface area contributed by atoms with Gasteiger partial charge in [-0.2, -0.15) is 0 Å². The molecule has 7 heteroatoms. The zero-order valence-electron chi connectivity index (χ0n) is 13.3. The number of carbonyl (C=O) groups is 3. The van der Waals surface area contributed by atoms with Crippen molar-refractivity contribution < 1.29 is 19.1 Å². The van der Waals surface area contributed by atoms with Gasteiger partial charge in [0.15, 0.2) is 0 Å². The number of rotatable bonds is 7. The third kappa shape index (κ3) is 6.27. The van der Waals surface area contributed by atoms with Gasteiger partial charge in [0.2, 0.25) is 5.91 Å². The predicted molar refractivity (Wildman–Crippen MR) is 93.0 cm³/mol. The Morgan fingerprint density at radius 3 is 2.28 bits per heavy atom. The van der Waals surface area contributed by atoms with Crippen LogP contribution in [0.4, 0.5) is 0 Å². The van der Waals surface area contributed by atoms with Crippen molar-refractivity contribution in [1.82, 2.24) is 10.6 Å². The SMILES string of the molecule is O=C(CNC(=O)c1ccccc1Cl)NCC(=O)OCc1ccccc1. The van der Waals surface area contributed by atoms with Gasteiger partial charge >= 0.3 is 5.97 Å². The fourth-order valence-electron chi connectivity index (χ4n) is 1.92. The molecular formula is C18H17ClN2O4. The van der Waals surface area contributed by atoms with E-state index >= 15 is 0 Å². The summed E-state index contributed by atoms with van der Waals surface area (Å²) in [6.45, 7) is -0.400. The lowest BCUT2D eigenvalue weighted by molar-refractivity contribution is -0.145. The molecule has 130 valence electrons. The number of amides is 2. The molecule has 0 atom stereocenters. The molecule has 0 radical (unpaired) electrons. The van der Waals surface area contributed by atoms with Gasteiger partial charge in [0.05, 0.1) is 17.1 Å². The third-order valence-electron chi connectivity index (χ3n) is 3.20.